The van der Waals surface area contributed by atoms with Crippen molar-refractivity contribution in [1.29, 1.82) is 0 Å². The van der Waals surface area contributed by atoms with E-state index in [4.69, 9.17) is 37.9 Å². The van der Waals surface area contributed by atoms with Gasteiger partial charge in [-0.1, -0.05) is 25.6 Å². The molecule has 19 heteroatoms. The molecule has 3 N–H and O–H groups in total. The Morgan fingerprint density at radius 1 is 0.593 bits per heavy atom. The second-order valence-electron chi connectivity index (χ2n) is 12.0. The van der Waals surface area contributed by atoms with Crippen molar-refractivity contribution in [2.75, 3.05) is 125 Å². The molecule has 0 spiro atoms. The molecule has 0 aromatic carbocycles. The van der Waals surface area contributed by atoms with E-state index in [0.29, 0.717) is 106 Å². The number of carbonyl (C=O) groups excluding carboxylic acids is 6. The minimum Gasteiger partial charge on any atom is -0.379 e. The van der Waals surface area contributed by atoms with Gasteiger partial charge in [0.2, 0.25) is 22.8 Å². The lowest BCUT2D eigenvalue weighted by molar-refractivity contribution is -0.137. The van der Waals surface area contributed by atoms with Crippen molar-refractivity contribution in [2.24, 2.45) is 5.92 Å². The van der Waals surface area contributed by atoms with Crippen molar-refractivity contribution >= 4 is 46.4 Å². The van der Waals surface area contributed by atoms with Crippen molar-refractivity contribution in [3.05, 3.63) is 12.2 Å². The van der Waals surface area contributed by atoms with Gasteiger partial charge in [-0.3, -0.25) is 33.7 Å². The van der Waals surface area contributed by atoms with Crippen molar-refractivity contribution in [2.45, 2.75) is 45.7 Å². The fraction of sp³-hybridized carbons (Fsp3) is 0.771. The number of rotatable bonds is 35. The third-order valence-corrected chi connectivity index (χ3v) is 8.04. The first-order chi connectivity index (χ1) is 26.1. The molecule has 0 unspecified atom stereocenters. The van der Waals surface area contributed by atoms with Crippen LogP contribution >= 0.6 is 11.8 Å². The Morgan fingerprint density at radius 3 is 1.41 bits per heavy atom. The first kappa shape index (κ1) is 49.0. The molecule has 0 saturated heterocycles. The van der Waals surface area contributed by atoms with Crippen LogP contribution in [0, 0.1) is 5.92 Å². The Hall–Kier alpha value is -3.01. The van der Waals surface area contributed by atoms with Gasteiger partial charge >= 0.3 is 0 Å². The van der Waals surface area contributed by atoms with Crippen molar-refractivity contribution in [3.63, 3.8) is 0 Å². The Balaban J connectivity index is 1.79. The molecule has 310 valence electrons. The summed E-state index contributed by atoms with van der Waals surface area (Å²) in [4.78, 5) is 72.3. The first-order valence-electron chi connectivity index (χ1n) is 18.2. The number of nitrogens with one attached hydrogen (secondary N) is 3. The lowest BCUT2D eigenvalue weighted by Crippen LogP contribution is -2.52. The molecule has 0 bridgehead atoms. The van der Waals surface area contributed by atoms with Gasteiger partial charge in [-0.05, 0) is 19.1 Å². The smallest absolute Gasteiger partial charge is 0.253 e. The van der Waals surface area contributed by atoms with Gasteiger partial charge in [-0.25, -0.2) is 0 Å². The Morgan fingerprint density at radius 2 is 1.00 bits per heavy atom. The first-order valence-corrected chi connectivity index (χ1v) is 19.4. The molecule has 0 saturated carbocycles. The Kier molecular flexibility index (Phi) is 29.3. The molecular weight excluding hydrogens is 732 g/mol. The number of ether oxygens (including phenoxy) is 8. The molecule has 5 amide bonds. The van der Waals surface area contributed by atoms with Crippen LogP contribution in [0.2, 0.25) is 0 Å². The topological polar surface area (TPSA) is 216 Å². The summed E-state index contributed by atoms with van der Waals surface area (Å²) >= 11 is 1.04. The van der Waals surface area contributed by atoms with E-state index in [1.54, 1.807) is 13.2 Å². The molecule has 0 radical (unpaired) electrons. The van der Waals surface area contributed by atoms with E-state index in [1.807, 2.05) is 13.8 Å². The quantitative estimate of drug-likeness (QED) is 0.0544. The van der Waals surface area contributed by atoms with Crippen LogP contribution in [-0.4, -0.2) is 177 Å². The third kappa shape index (κ3) is 25.1. The molecule has 0 fully saturated rings. The highest BCUT2D eigenvalue weighted by molar-refractivity contribution is 8.13. The maximum atomic E-state index is 12.5. The summed E-state index contributed by atoms with van der Waals surface area (Å²) in [6.07, 6.45) is 4.16. The van der Waals surface area contributed by atoms with Crippen LogP contribution in [0.15, 0.2) is 12.2 Å². The van der Waals surface area contributed by atoms with Gasteiger partial charge in [-0.2, -0.15) is 0 Å². The van der Waals surface area contributed by atoms with E-state index >= 15 is 0 Å². The number of amides is 5. The normalized spacial score (nSPS) is 13.8. The summed E-state index contributed by atoms with van der Waals surface area (Å²) in [5, 5.41) is 7.87. The average Bonchev–Trinajstić information content (AvgIpc) is 3.47. The molecule has 18 nitrogen and oxygen atoms in total. The highest BCUT2D eigenvalue weighted by atomic mass is 32.2. The van der Waals surface area contributed by atoms with Crippen LogP contribution in [0.25, 0.3) is 0 Å². The van der Waals surface area contributed by atoms with E-state index in [1.165, 1.54) is 12.2 Å². The zero-order valence-electron chi connectivity index (χ0n) is 32.1. The molecule has 0 aromatic rings. The van der Waals surface area contributed by atoms with E-state index in [-0.39, 0.29) is 48.8 Å². The molecule has 1 aliphatic rings. The van der Waals surface area contributed by atoms with Crippen LogP contribution in [0.4, 0.5) is 0 Å². The van der Waals surface area contributed by atoms with Crippen molar-refractivity contribution < 1.29 is 66.7 Å². The van der Waals surface area contributed by atoms with Gasteiger partial charge in [0.05, 0.1) is 112 Å². The maximum absolute atomic E-state index is 12.5. The van der Waals surface area contributed by atoms with Gasteiger partial charge in [0.25, 0.3) is 11.8 Å². The molecule has 1 rings (SSSR count). The van der Waals surface area contributed by atoms with E-state index in [0.717, 1.165) is 16.7 Å². The predicted octanol–water partition coefficient (Wildman–Crippen LogP) is -0.524. The largest absolute Gasteiger partial charge is 0.379 e. The molecule has 1 heterocycles. The van der Waals surface area contributed by atoms with Gasteiger partial charge in [-0.15, -0.1) is 0 Å². The summed E-state index contributed by atoms with van der Waals surface area (Å²) in [6, 6.07) is -1.38. The van der Waals surface area contributed by atoms with Crippen molar-refractivity contribution in [3.8, 4) is 0 Å². The zero-order valence-corrected chi connectivity index (χ0v) is 32.9. The average molecular weight is 793 g/mol. The molecule has 0 aromatic heterocycles. The molecule has 0 aliphatic carbocycles. The maximum Gasteiger partial charge on any atom is 0.253 e. The van der Waals surface area contributed by atoms with E-state index in [9.17, 15) is 28.8 Å². The number of thioether (sulfide) groups is 1. The predicted molar refractivity (Wildman–Crippen MR) is 198 cm³/mol. The second kappa shape index (κ2) is 32.3. The summed E-state index contributed by atoms with van der Waals surface area (Å²) in [7, 11) is 0. The van der Waals surface area contributed by atoms with Gasteiger partial charge in [0.1, 0.15) is 6.04 Å². The monoisotopic (exact) mass is 792 g/mol. The highest BCUT2D eigenvalue weighted by Crippen LogP contribution is 2.06. The van der Waals surface area contributed by atoms with Crippen LogP contribution in [0.1, 0.15) is 33.6 Å². The number of hydrogen-bond donors (Lipinski definition) is 3. The van der Waals surface area contributed by atoms with Crippen LogP contribution in [-0.2, 0) is 66.7 Å². The van der Waals surface area contributed by atoms with Gasteiger partial charge in [0.15, 0.2) is 0 Å². The van der Waals surface area contributed by atoms with Crippen LogP contribution in [0.3, 0.4) is 0 Å². The van der Waals surface area contributed by atoms with Crippen LogP contribution in [0.5, 0.6) is 0 Å². The fourth-order valence-electron chi connectivity index (χ4n) is 4.34. The van der Waals surface area contributed by atoms with Gasteiger partial charge < -0.3 is 53.8 Å². The number of nitrogens with zero attached hydrogens (tertiary/aromatic N) is 1. The molecule has 54 heavy (non-hydrogen) atoms. The standard InChI is InChI=1S/C35H60N4O14S/c1-27(2)33(34(44)37-28(3)35(45)54-4)38-30(41)8-11-46-13-15-48-17-19-50-21-23-52-25-26-53-24-22-51-20-18-49-16-14-47-12-9-36-29(40)7-10-39-31(42)5-6-32(39)43/h5-6,27-28,33H,7-26H2,1-4H3,(H,36,40)(H,37,44)(H,38,41)/t28-,33-/m0/s1. The number of carbonyl (C=O) groups is 6. The molecule has 1 aliphatic heterocycles. The lowest BCUT2D eigenvalue weighted by Gasteiger charge is -2.23. The van der Waals surface area contributed by atoms with Crippen LogP contribution < -0.4 is 16.0 Å². The Bertz CT molecular complexity index is 1110. The SMILES string of the molecule is CSC(=O)[C@H](C)NC(=O)[C@@H](NC(=O)CCOCCOCCOCCOCCOCCOCCOCCOCCNC(=O)CCN1C(=O)C=CC1=O)C(C)C. The zero-order chi connectivity index (χ0) is 39.8. The summed E-state index contributed by atoms with van der Waals surface area (Å²) in [6.45, 7) is 11.8. The van der Waals surface area contributed by atoms with Crippen molar-refractivity contribution in [1.82, 2.24) is 20.9 Å². The molecule has 2 atom stereocenters. The second-order valence-corrected chi connectivity index (χ2v) is 12.8. The minimum absolute atomic E-state index is 0.0415. The summed E-state index contributed by atoms with van der Waals surface area (Å²) in [5.74, 6) is -1.93. The third-order valence-electron chi connectivity index (χ3n) is 7.29. The number of imide groups is 1. The summed E-state index contributed by atoms with van der Waals surface area (Å²) < 4.78 is 43.5. The minimum atomic E-state index is -0.745. The highest BCUT2D eigenvalue weighted by Gasteiger charge is 2.27. The number of hydrogen-bond acceptors (Lipinski definition) is 15. The summed E-state index contributed by atoms with van der Waals surface area (Å²) in [5.41, 5.74) is 0. The molecular formula is C35H60N4O14S. The fourth-order valence-corrected chi connectivity index (χ4v) is 4.75. The van der Waals surface area contributed by atoms with E-state index < -0.39 is 29.8 Å². The Labute approximate surface area is 322 Å². The lowest BCUT2D eigenvalue weighted by atomic mass is 10.0. The van der Waals surface area contributed by atoms with Gasteiger partial charge in [0, 0.05) is 38.1 Å². The van der Waals surface area contributed by atoms with E-state index in [2.05, 4.69) is 16.0 Å².